The van der Waals surface area contributed by atoms with E-state index in [9.17, 15) is 0 Å². The Hall–Kier alpha value is -1.35. The first kappa shape index (κ1) is 21.0. The molecule has 142 valence electrons. The van der Waals surface area contributed by atoms with Crippen LogP contribution < -0.4 is 15.4 Å². The Balaban J connectivity index is 0.00000243. The minimum Gasteiger partial charge on any atom is -0.474 e. The maximum absolute atomic E-state index is 6.04. The summed E-state index contributed by atoms with van der Waals surface area (Å²) in [5.41, 5.74) is 1.14. The van der Waals surface area contributed by atoms with Crippen LogP contribution in [0.4, 0.5) is 0 Å². The van der Waals surface area contributed by atoms with E-state index in [0.717, 1.165) is 36.8 Å². The minimum atomic E-state index is 0. The molecule has 2 N–H and O–H groups in total. The molecule has 0 atom stereocenters. The zero-order chi connectivity index (χ0) is 17.3. The second-order valence-electron chi connectivity index (χ2n) is 6.24. The summed E-state index contributed by atoms with van der Waals surface area (Å²) in [4.78, 5) is 9.91. The fraction of sp³-hybridized carbons (Fsp3) is 0.474. The highest BCUT2D eigenvalue weighted by Crippen LogP contribution is 2.22. The molecule has 7 heteroatoms. The van der Waals surface area contributed by atoms with Crippen LogP contribution in [0.5, 0.6) is 5.88 Å². The molecule has 2 aromatic rings. The van der Waals surface area contributed by atoms with Crippen LogP contribution >= 0.6 is 35.3 Å². The first-order chi connectivity index (χ1) is 12.3. The van der Waals surface area contributed by atoms with Crippen LogP contribution in [0.25, 0.3) is 0 Å². The number of rotatable bonds is 6. The summed E-state index contributed by atoms with van der Waals surface area (Å²) in [5, 5.41) is 8.75. The van der Waals surface area contributed by atoms with E-state index in [1.54, 1.807) is 18.4 Å². The highest BCUT2D eigenvalue weighted by atomic mass is 127. The van der Waals surface area contributed by atoms with Gasteiger partial charge in [0, 0.05) is 30.7 Å². The zero-order valence-electron chi connectivity index (χ0n) is 15.1. The molecule has 0 saturated heterocycles. The summed E-state index contributed by atoms with van der Waals surface area (Å²) < 4.78 is 6.04. The molecule has 0 spiro atoms. The van der Waals surface area contributed by atoms with E-state index < -0.39 is 0 Å². The van der Waals surface area contributed by atoms with Gasteiger partial charge in [0.15, 0.2) is 5.96 Å². The highest BCUT2D eigenvalue weighted by molar-refractivity contribution is 14.0. The van der Waals surface area contributed by atoms with Gasteiger partial charge in [-0.25, -0.2) is 4.98 Å². The zero-order valence-corrected chi connectivity index (χ0v) is 18.3. The number of ether oxygens (including phenoxy) is 1. The molecule has 3 rings (SSSR count). The van der Waals surface area contributed by atoms with Crippen LogP contribution in [-0.4, -0.2) is 24.1 Å². The number of nitrogens with zero attached hydrogens (tertiary/aromatic N) is 2. The van der Waals surface area contributed by atoms with Gasteiger partial charge in [0.1, 0.15) is 6.10 Å². The number of thiophene rings is 1. The van der Waals surface area contributed by atoms with Crippen LogP contribution in [0.3, 0.4) is 0 Å². The van der Waals surface area contributed by atoms with Crippen LogP contribution in [-0.2, 0) is 13.1 Å². The van der Waals surface area contributed by atoms with Crippen molar-refractivity contribution in [2.45, 2.75) is 51.3 Å². The van der Waals surface area contributed by atoms with Crippen molar-refractivity contribution in [3.8, 4) is 5.88 Å². The number of hydrogen-bond acceptors (Lipinski definition) is 4. The van der Waals surface area contributed by atoms with Gasteiger partial charge in [-0.2, -0.15) is 0 Å². The van der Waals surface area contributed by atoms with Gasteiger partial charge in [0.05, 0.1) is 6.54 Å². The van der Waals surface area contributed by atoms with Crippen molar-refractivity contribution in [1.29, 1.82) is 0 Å². The van der Waals surface area contributed by atoms with Gasteiger partial charge >= 0.3 is 0 Å². The van der Waals surface area contributed by atoms with Gasteiger partial charge in [-0.3, -0.25) is 4.99 Å². The molecule has 1 fully saturated rings. The number of aromatic nitrogens is 1. The first-order valence-corrected chi connectivity index (χ1v) is 9.80. The van der Waals surface area contributed by atoms with E-state index >= 15 is 0 Å². The van der Waals surface area contributed by atoms with E-state index in [-0.39, 0.29) is 24.0 Å². The Morgan fingerprint density at radius 3 is 2.77 bits per heavy atom. The number of guanidine groups is 1. The third-order valence-corrected chi connectivity index (χ3v) is 5.21. The molecule has 0 aromatic carbocycles. The van der Waals surface area contributed by atoms with Crippen molar-refractivity contribution < 1.29 is 4.74 Å². The van der Waals surface area contributed by atoms with E-state index in [4.69, 9.17) is 4.74 Å². The van der Waals surface area contributed by atoms with Gasteiger partial charge < -0.3 is 15.4 Å². The van der Waals surface area contributed by atoms with E-state index in [0.29, 0.717) is 12.6 Å². The molecule has 26 heavy (non-hydrogen) atoms. The molecule has 5 nitrogen and oxygen atoms in total. The second-order valence-corrected chi connectivity index (χ2v) is 7.27. The number of hydrogen-bond donors (Lipinski definition) is 2. The van der Waals surface area contributed by atoms with E-state index in [2.05, 4.69) is 38.1 Å². The molecule has 2 aromatic heterocycles. The molecule has 1 aliphatic rings. The maximum atomic E-state index is 6.04. The summed E-state index contributed by atoms with van der Waals surface area (Å²) in [6.07, 6.45) is 8.28. The quantitative estimate of drug-likeness (QED) is 0.363. The Kier molecular flexibility index (Phi) is 9.17. The second kappa shape index (κ2) is 11.4. The Labute approximate surface area is 176 Å². The minimum absolute atomic E-state index is 0. The molecule has 1 aliphatic carbocycles. The summed E-state index contributed by atoms with van der Waals surface area (Å²) in [5.74, 6) is 1.52. The number of halogens is 1. The molecular formula is C19H27IN4OS. The fourth-order valence-corrected chi connectivity index (χ4v) is 3.61. The molecule has 0 bridgehead atoms. The third kappa shape index (κ3) is 6.75. The molecular weight excluding hydrogens is 459 g/mol. The fourth-order valence-electron chi connectivity index (χ4n) is 2.97. The molecule has 2 heterocycles. The van der Waals surface area contributed by atoms with Crippen molar-refractivity contribution in [1.82, 2.24) is 15.6 Å². The summed E-state index contributed by atoms with van der Waals surface area (Å²) in [6.45, 7) is 1.47. The predicted molar refractivity (Wildman–Crippen MR) is 119 cm³/mol. The van der Waals surface area contributed by atoms with Gasteiger partial charge in [-0.05, 0) is 48.8 Å². The largest absolute Gasteiger partial charge is 0.474 e. The first-order valence-electron chi connectivity index (χ1n) is 8.92. The molecule has 1 saturated carbocycles. The van der Waals surface area contributed by atoms with Crippen molar-refractivity contribution in [2.24, 2.45) is 4.99 Å². The van der Waals surface area contributed by atoms with E-state index in [1.165, 1.54) is 24.1 Å². The number of aliphatic imine (C=N–C) groups is 1. The predicted octanol–water partition coefficient (Wildman–Crippen LogP) is 4.34. The maximum Gasteiger partial charge on any atom is 0.213 e. The van der Waals surface area contributed by atoms with Crippen molar-refractivity contribution in [3.05, 3.63) is 46.3 Å². The Morgan fingerprint density at radius 2 is 2.04 bits per heavy atom. The third-order valence-electron chi connectivity index (χ3n) is 4.33. The average Bonchev–Trinajstić information content (AvgIpc) is 3.17. The van der Waals surface area contributed by atoms with Gasteiger partial charge in [0.2, 0.25) is 5.88 Å². The monoisotopic (exact) mass is 486 g/mol. The number of nitrogens with one attached hydrogen (secondary N) is 2. The topological polar surface area (TPSA) is 58.5 Å². The summed E-state index contributed by atoms with van der Waals surface area (Å²) >= 11 is 1.74. The lowest BCUT2D eigenvalue weighted by Gasteiger charge is -2.22. The van der Waals surface area contributed by atoms with Crippen molar-refractivity contribution in [3.63, 3.8) is 0 Å². The van der Waals surface area contributed by atoms with Crippen LogP contribution in [0.2, 0.25) is 0 Å². The van der Waals surface area contributed by atoms with Gasteiger partial charge in [-0.1, -0.05) is 12.5 Å². The van der Waals surface area contributed by atoms with Crippen molar-refractivity contribution >= 4 is 41.3 Å². The van der Waals surface area contributed by atoms with Crippen LogP contribution in [0.15, 0.2) is 40.8 Å². The molecule has 0 unspecified atom stereocenters. The van der Waals surface area contributed by atoms with Crippen LogP contribution in [0.1, 0.15) is 42.5 Å². The van der Waals surface area contributed by atoms with Gasteiger partial charge in [-0.15, -0.1) is 35.3 Å². The lowest BCUT2D eigenvalue weighted by atomic mass is 9.98. The van der Waals surface area contributed by atoms with Gasteiger partial charge in [0.25, 0.3) is 0 Å². The average molecular weight is 486 g/mol. The van der Waals surface area contributed by atoms with Crippen LogP contribution in [0, 0.1) is 0 Å². The lowest BCUT2D eigenvalue weighted by Crippen LogP contribution is -2.36. The van der Waals surface area contributed by atoms with E-state index in [1.807, 2.05) is 18.3 Å². The van der Waals surface area contributed by atoms with Crippen molar-refractivity contribution in [2.75, 3.05) is 7.05 Å². The SMILES string of the molecule is CN=C(NCc1ccnc(OC2CCCCC2)c1)NCc1cccs1.I. The summed E-state index contributed by atoms with van der Waals surface area (Å²) in [6, 6.07) is 8.20. The molecule has 0 amide bonds. The smallest absolute Gasteiger partial charge is 0.213 e. The Bertz CT molecular complexity index is 672. The lowest BCUT2D eigenvalue weighted by molar-refractivity contribution is 0.148. The number of pyridine rings is 1. The normalized spacial score (nSPS) is 15.2. The molecule has 0 radical (unpaired) electrons. The Morgan fingerprint density at radius 1 is 1.23 bits per heavy atom. The summed E-state index contributed by atoms with van der Waals surface area (Å²) in [7, 11) is 1.79. The standard InChI is InChI=1S/C19H26N4OS.HI/c1-20-19(23-14-17-8-5-11-25-17)22-13-15-9-10-21-18(12-15)24-16-6-3-2-4-7-16;/h5,8-12,16H,2-4,6-7,13-14H2,1H3,(H2,20,22,23);1H. The molecule has 0 aliphatic heterocycles. The highest BCUT2D eigenvalue weighted by Gasteiger charge is 2.15.